The summed E-state index contributed by atoms with van der Waals surface area (Å²) in [6.07, 6.45) is 3.79. The van der Waals surface area contributed by atoms with Gasteiger partial charge in [-0.15, -0.1) is 0 Å². The largest absolute Gasteiger partial charge is 0.392 e. The number of aromatic nitrogens is 4. The molecule has 2 heterocycles. The molecule has 5 rings (SSSR count). The highest BCUT2D eigenvalue weighted by atomic mass is 16.2. The molecule has 0 saturated carbocycles. The van der Waals surface area contributed by atoms with Gasteiger partial charge < -0.3 is 16.0 Å². The Kier molecular flexibility index (Phi) is 6.73. The van der Waals surface area contributed by atoms with Crippen LogP contribution >= 0.6 is 0 Å². The van der Waals surface area contributed by atoms with Gasteiger partial charge >= 0.3 is 5.69 Å². The van der Waals surface area contributed by atoms with E-state index in [9.17, 15) is 14.4 Å². The summed E-state index contributed by atoms with van der Waals surface area (Å²) in [7, 11) is 0. The molecule has 0 aliphatic rings. The smallest absolute Gasteiger partial charge is 0.326 e. The molecule has 9 nitrogen and oxygen atoms in total. The lowest BCUT2D eigenvalue weighted by molar-refractivity contribution is 0.0935. The van der Waals surface area contributed by atoms with E-state index in [2.05, 4.69) is 51.8 Å². The third kappa shape index (κ3) is 5.31. The molecule has 9 heteroatoms. The molecule has 1 atom stereocenters. The van der Waals surface area contributed by atoms with Crippen LogP contribution in [-0.4, -0.2) is 25.7 Å². The van der Waals surface area contributed by atoms with E-state index in [1.54, 1.807) is 6.92 Å². The van der Waals surface area contributed by atoms with Gasteiger partial charge in [-0.2, -0.15) is 5.10 Å². The third-order valence-corrected chi connectivity index (χ3v) is 6.31. The van der Waals surface area contributed by atoms with E-state index in [0.717, 1.165) is 22.3 Å². The summed E-state index contributed by atoms with van der Waals surface area (Å²) in [5.41, 5.74) is 9.67. The molecular weight excluding hydrogens is 480 g/mol. The van der Waals surface area contributed by atoms with Crippen molar-refractivity contribution in [3.05, 3.63) is 129 Å². The van der Waals surface area contributed by atoms with Crippen molar-refractivity contribution in [1.82, 2.24) is 25.1 Å². The number of rotatable bonds is 7. The number of carbonyl (C=O) groups is 1. The van der Waals surface area contributed by atoms with Crippen molar-refractivity contribution < 1.29 is 4.79 Å². The average Bonchev–Trinajstić information content (AvgIpc) is 3.40. The molecule has 5 N–H and O–H groups in total. The molecule has 5 aromatic rings. The molecule has 2 aromatic heterocycles. The first-order chi connectivity index (χ1) is 18.4. The molecule has 190 valence electrons. The summed E-state index contributed by atoms with van der Waals surface area (Å²) < 4.78 is 1.89. The van der Waals surface area contributed by atoms with Crippen molar-refractivity contribution in [2.45, 2.75) is 19.5 Å². The van der Waals surface area contributed by atoms with Crippen molar-refractivity contribution >= 4 is 11.6 Å². The Morgan fingerprint density at radius 3 is 2.39 bits per heavy atom. The number of nitrogens with two attached hydrogens (primary N) is 1. The molecule has 0 saturated heterocycles. The lowest BCUT2D eigenvalue weighted by Gasteiger charge is -2.15. The average molecular weight is 507 g/mol. The van der Waals surface area contributed by atoms with Gasteiger partial charge in [0.05, 0.1) is 18.8 Å². The zero-order valence-electron chi connectivity index (χ0n) is 20.6. The monoisotopic (exact) mass is 506 g/mol. The minimum absolute atomic E-state index is 0.264. The number of benzene rings is 3. The van der Waals surface area contributed by atoms with Crippen molar-refractivity contribution in [3.63, 3.8) is 0 Å². The summed E-state index contributed by atoms with van der Waals surface area (Å²) in [5.74, 6) is -0.644. The van der Waals surface area contributed by atoms with Gasteiger partial charge in [-0.1, -0.05) is 72.8 Å². The van der Waals surface area contributed by atoms with Crippen LogP contribution in [0.2, 0.25) is 0 Å². The first kappa shape index (κ1) is 24.5. The number of nitrogen functional groups attached to an aromatic ring is 1. The molecule has 0 unspecified atom stereocenters. The number of nitrogens with zero attached hydrogens (tertiary/aromatic N) is 2. The van der Waals surface area contributed by atoms with Crippen molar-refractivity contribution in [2.24, 2.45) is 0 Å². The van der Waals surface area contributed by atoms with E-state index in [4.69, 9.17) is 5.73 Å². The fourth-order valence-electron chi connectivity index (χ4n) is 4.23. The fourth-order valence-corrected chi connectivity index (χ4v) is 4.23. The molecule has 0 spiro atoms. The van der Waals surface area contributed by atoms with Crippen LogP contribution in [0, 0.1) is 0 Å². The van der Waals surface area contributed by atoms with Crippen LogP contribution in [0.3, 0.4) is 0 Å². The molecule has 0 fully saturated rings. The van der Waals surface area contributed by atoms with Crippen LogP contribution in [0.1, 0.15) is 34.6 Å². The summed E-state index contributed by atoms with van der Waals surface area (Å²) in [4.78, 5) is 40.2. The minimum atomic E-state index is -0.808. The first-order valence-electron chi connectivity index (χ1n) is 12.1. The number of anilines is 1. The van der Waals surface area contributed by atoms with Crippen LogP contribution in [0.25, 0.3) is 22.3 Å². The van der Waals surface area contributed by atoms with Gasteiger partial charge in [0.25, 0.3) is 11.5 Å². The van der Waals surface area contributed by atoms with E-state index < -0.39 is 23.2 Å². The maximum absolute atomic E-state index is 12.7. The number of hydrogen-bond donors (Lipinski definition) is 4. The highest BCUT2D eigenvalue weighted by molar-refractivity contribution is 5.97. The molecule has 0 bridgehead atoms. The zero-order valence-corrected chi connectivity index (χ0v) is 20.6. The Bertz CT molecular complexity index is 1700. The Labute approximate surface area is 218 Å². The Morgan fingerprint density at radius 1 is 0.921 bits per heavy atom. The second-order valence-corrected chi connectivity index (χ2v) is 9.01. The molecule has 0 aliphatic carbocycles. The minimum Gasteiger partial charge on any atom is -0.392 e. The van der Waals surface area contributed by atoms with Gasteiger partial charge in [-0.3, -0.25) is 19.3 Å². The van der Waals surface area contributed by atoms with Crippen molar-refractivity contribution in [1.29, 1.82) is 0 Å². The van der Waals surface area contributed by atoms with Crippen LogP contribution in [-0.2, 0) is 6.54 Å². The number of carbonyl (C=O) groups excluding carboxylic acids is 1. The quantitative estimate of drug-likeness (QED) is 0.267. The highest BCUT2D eigenvalue weighted by Crippen LogP contribution is 2.24. The molecule has 0 aliphatic heterocycles. The topological polar surface area (TPSA) is 139 Å². The van der Waals surface area contributed by atoms with Crippen molar-refractivity contribution in [2.75, 3.05) is 5.73 Å². The van der Waals surface area contributed by atoms with E-state index in [1.807, 2.05) is 64.5 Å². The molecule has 0 radical (unpaired) electrons. The second kappa shape index (κ2) is 10.4. The standard InChI is InChI=1S/C29H26N6O3/c1-18(32-28(37)26-25(30)27(36)34-29(38)33-26)22-8-5-9-23(14-22)24-15-31-35(17-24)16-19-10-12-21(13-11-19)20-6-3-2-4-7-20/h2-15,17-18H,16,30H2,1H3,(H,32,37)(H2,33,34,36,38)/t18-/m1/s1. The Hall–Kier alpha value is -5.18. The third-order valence-electron chi connectivity index (χ3n) is 6.31. The van der Waals surface area contributed by atoms with Gasteiger partial charge in [0.2, 0.25) is 0 Å². The van der Waals surface area contributed by atoms with E-state index in [-0.39, 0.29) is 11.4 Å². The summed E-state index contributed by atoms with van der Waals surface area (Å²) in [5, 5.41) is 7.30. The second-order valence-electron chi connectivity index (χ2n) is 9.01. The molecule has 3 aromatic carbocycles. The van der Waals surface area contributed by atoms with E-state index >= 15 is 0 Å². The number of nitrogens with one attached hydrogen (secondary N) is 3. The van der Waals surface area contributed by atoms with Gasteiger partial charge in [0.1, 0.15) is 11.4 Å². The normalized spacial score (nSPS) is 11.7. The van der Waals surface area contributed by atoms with Gasteiger partial charge in [-0.25, -0.2) is 4.79 Å². The number of amides is 1. The predicted octanol–water partition coefficient (Wildman–Crippen LogP) is 3.72. The van der Waals surface area contributed by atoms with Crippen molar-refractivity contribution in [3.8, 4) is 22.3 Å². The number of H-pyrrole nitrogens is 2. The van der Waals surface area contributed by atoms with Crippen LogP contribution in [0.15, 0.2) is 101 Å². The Morgan fingerprint density at radius 2 is 1.63 bits per heavy atom. The van der Waals surface area contributed by atoms with Crippen LogP contribution in [0.5, 0.6) is 0 Å². The SMILES string of the molecule is C[C@@H](NC(=O)c1[nH]c(=O)[nH]c(=O)c1N)c1cccc(-c2cnn(Cc3ccc(-c4ccccc4)cc3)c2)c1. The molecular formula is C29H26N6O3. The maximum Gasteiger partial charge on any atom is 0.326 e. The van der Waals surface area contributed by atoms with Gasteiger partial charge in [0.15, 0.2) is 0 Å². The lowest BCUT2D eigenvalue weighted by Crippen LogP contribution is -2.34. The fraction of sp³-hybridized carbons (Fsp3) is 0.103. The summed E-state index contributed by atoms with van der Waals surface area (Å²) in [6, 6.07) is 26.0. The lowest BCUT2D eigenvalue weighted by atomic mass is 10.0. The molecule has 38 heavy (non-hydrogen) atoms. The highest BCUT2D eigenvalue weighted by Gasteiger charge is 2.17. The van der Waals surface area contributed by atoms with Crippen LogP contribution in [0.4, 0.5) is 5.69 Å². The number of aromatic amines is 2. The summed E-state index contributed by atoms with van der Waals surface area (Å²) >= 11 is 0. The zero-order chi connectivity index (χ0) is 26.6. The number of hydrogen-bond acceptors (Lipinski definition) is 5. The molecule has 1 amide bonds. The summed E-state index contributed by atoms with van der Waals surface area (Å²) in [6.45, 7) is 2.44. The van der Waals surface area contributed by atoms with E-state index in [1.165, 1.54) is 11.1 Å². The first-order valence-corrected chi connectivity index (χ1v) is 12.1. The van der Waals surface area contributed by atoms with Gasteiger partial charge in [-0.05, 0) is 40.8 Å². The Balaban J connectivity index is 1.28. The predicted molar refractivity (Wildman–Crippen MR) is 147 cm³/mol. The van der Waals surface area contributed by atoms with E-state index in [0.29, 0.717) is 6.54 Å². The van der Waals surface area contributed by atoms with Crippen LogP contribution < -0.4 is 22.3 Å². The maximum atomic E-state index is 12.7. The van der Waals surface area contributed by atoms with Gasteiger partial charge in [0, 0.05) is 11.8 Å².